The Morgan fingerprint density at radius 2 is 1.89 bits per heavy atom. The number of aryl methyl sites for hydroxylation is 1. The normalized spacial score (nSPS) is 28.9. The van der Waals surface area contributed by atoms with Crippen molar-refractivity contribution in [3.8, 4) is 0 Å². The average molecular weight is 245 g/mol. The van der Waals surface area contributed by atoms with Crippen molar-refractivity contribution < 1.29 is 5.11 Å². The van der Waals surface area contributed by atoms with E-state index < -0.39 is 0 Å². The zero-order chi connectivity index (χ0) is 12.4. The van der Waals surface area contributed by atoms with Crippen LogP contribution in [0.1, 0.15) is 42.9 Å². The molecule has 1 aliphatic carbocycles. The summed E-state index contributed by atoms with van der Waals surface area (Å²) in [6.07, 6.45) is 6.06. The fourth-order valence-corrected chi connectivity index (χ4v) is 3.47. The summed E-state index contributed by atoms with van der Waals surface area (Å²) in [7, 11) is 0. The van der Waals surface area contributed by atoms with Gasteiger partial charge in [-0.2, -0.15) is 0 Å². The highest BCUT2D eigenvalue weighted by molar-refractivity contribution is 5.31. The zero-order valence-corrected chi connectivity index (χ0v) is 11.0. The van der Waals surface area contributed by atoms with E-state index in [2.05, 4.69) is 23.1 Å². The summed E-state index contributed by atoms with van der Waals surface area (Å²) in [6.45, 7) is 3.53. The molecule has 2 heteroatoms. The third kappa shape index (κ3) is 2.45. The molecule has 1 aromatic carbocycles. The lowest BCUT2D eigenvalue weighted by molar-refractivity contribution is 0.0606. The number of nitrogens with zero attached hydrogens (tertiary/aromatic N) is 1. The molecule has 3 rings (SSSR count). The molecule has 0 amide bonds. The minimum atomic E-state index is -0.253. The molecule has 0 saturated carbocycles. The molecule has 2 aliphatic rings. The predicted molar refractivity (Wildman–Crippen MR) is 73.5 cm³/mol. The van der Waals surface area contributed by atoms with Gasteiger partial charge in [0.15, 0.2) is 0 Å². The minimum absolute atomic E-state index is 0.253. The first-order chi connectivity index (χ1) is 8.84. The van der Waals surface area contributed by atoms with Crippen LogP contribution in [0.5, 0.6) is 0 Å². The second-order valence-electron chi connectivity index (χ2n) is 5.80. The zero-order valence-electron chi connectivity index (χ0n) is 11.0. The van der Waals surface area contributed by atoms with Crippen LogP contribution in [0.15, 0.2) is 24.3 Å². The van der Waals surface area contributed by atoms with E-state index in [9.17, 15) is 5.11 Å². The summed E-state index contributed by atoms with van der Waals surface area (Å²) in [4.78, 5) is 2.55. The van der Waals surface area contributed by atoms with Gasteiger partial charge >= 0.3 is 0 Å². The SMILES string of the molecule is OC1c2ccccc2CCC1CN1CCCCC1. The van der Waals surface area contributed by atoms with E-state index in [0.29, 0.717) is 5.92 Å². The van der Waals surface area contributed by atoms with Gasteiger partial charge in [-0.3, -0.25) is 0 Å². The first-order valence-electron chi connectivity index (χ1n) is 7.33. The summed E-state index contributed by atoms with van der Waals surface area (Å²) in [5.74, 6) is 0.429. The lowest BCUT2D eigenvalue weighted by atomic mass is 9.81. The molecule has 2 nitrogen and oxygen atoms in total. The van der Waals surface area contributed by atoms with Crippen molar-refractivity contribution in [2.24, 2.45) is 5.92 Å². The van der Waals surface area contributed by atoms with Crippen LogP contribution >= 0.6 is 0 Å². The highest BCUT2D eigenvalue weighted by Crippen LogP contribution is 2.35. The Hall–Kier alpha value is -0.860. The van der Waals surface area contributed by atoms with Gasteiger partial charge in [0.2, 0.25) is 0 Å². The fourth-order valence-electron chi connectivity index (χ4n) is 3.47. The molecule has 2 atom stereocenters. The molecule has 0 aromatic heterocycles. The maximum absolute atomic E-state index is 10.5. The summed E-state index contributed by atoms with van der Waals surface area (Å²) in [6, 6.07) is 8.39. The number of aliphatic hydroxyl groups excluding tert-OH is 1. The molecule has 98 valence electrons. The van der Waals surface area contributed by atoms with Crippen molar-refractivity contribution in [2.45, 2.75) is 38.2 Å². The number of fused-ring (bicyclic) bond motifs is 1. The number of likely N-dealkylation sites (tertiary alicyclic amines) is 1. The van der Waals surface area contributed by atoms with Gasteiger partial charge in [0.1, 0.15) is 0 Å². The Morgan fingerprint density at radius 3 is 2.72 bits per heavy atom. The first kappa shape index (κ1) is 12.2. The molecule has 1 N–H and O–H groups in total. The van der Waals surface area contributed by atoms with Crippen LogP contribution in [0.3, 0.4) is 0 Å². The van der Waals surface area contributed by atoms with Crippen molar-refractivity contribution in [1.29, 1.82) is 0 Å². The van der Waals surface area contributed by atoms with Gasteiger partial charge in [0.05, 0.1) is 6.10 Å². The molecule has 1 aliphatic heterocycles. The van der Waals surface area contributed by atoms with Gasteiger partial charge in [-0.05, 0) is 49.9 Å². The fraction of sp³-hybridized carbons (Fsp3) is 0.625. The number of benzene rings is 1. The molecule has 0 bridgehead atoms. The van der Waals surface area contributed by atoms with E-state index in [1.807, 2.05) is 6.07 Å². The maximum Gasteiger partial charge on any atom is 0.0833 e. The number of aliphatic hydroxyl groups is 1. The number of hydrogen-bond acceptors (Lipinski definition) is 2. The molecule has 0 spiro atoms. The summed E-state index contributed by atoms with van der Waals surface area (Å²) < 4.78 is 0. The Balaban J connectivity index is 1.68. The van der Waals surface area contributed by atoms with Gasteiger partial charge < -0.3 is 10.0 Å². The lowest BCUT2D eigenvalue weighted by Crippen LogP contribution is -2.37. The van der Waals surface area contributed by atoms with Crippen molar-refractivity contribution in [3.63, 3.8) is 0 Å². The molecule has 1 fully saturated rings. The van der Waals surface area contributed by atoms with Crippen molar-refractivity contribution in [3.05, 3.63) is 35.4 Å². The van der Waals surface area contributed by atoms with E-state index in [4.69, 9.17) is 0 Å². The molecule has 18 heavy (non-hydrogen) atoms. The maximum atomic E-state index is 10.5. The van der Waals surface area contributed by atoms with Crippen LogP contribution in [0.4, 0.5) is 0 Å². The van der Waals surface area contributed by atoms with Gasteiger partial charge in [-0.25, -0.2) is 0 Å². The van der Waals surface area contributed by atoms with E-state index >= 15 is 0 Å². The highest BCUT2D eigenvalue weighted by atomic mass is 16.3. The monoisotopic (exact) mass is 245 g/mol. The minimum Gasteiger partial charge on any atom is -0.388 e. The summed E-state index contributed by atoms with van der Waals surface area (Å²) in [5, 5.41) is 10.5. The summed E-state index contributed by atoms with van der Waals surface area (Å²) in [5.41, 5.74) is 2.52. The van der Waals surface area contributed by atoms with E-state index in [1.165, 1.54) is 43.5 Å². The van der Waals surface area contributed by atoms with Gasteiger partial charge in [-0.1, -0.05) is 30.7 Å². The number of piperidine rings is 1. The molecule has 1 saturated heterocycles. The van der Waals surface area contributed by atoms with Crippen molar-refractivity contribution in [1.82, 2.24) is 4.90 Å². The first-order valence-corrected chi connectivity index (χ1v) is 7.33. The van der Waals surface area contributed by atoms with Gasteiger partial charge in [0, 0.05) is 12.5 Å². The standard InChI is InChI=1S/C16H23NO/c18-16-14(12-17-10-4-1-5-11-17)9-8-13-6-2-3-7-15(13)16/h2-3,6-7,14,16,18H,1,4-5,8-12H2. The van der Waals surface area contributed by atoms with E-state index in [-0.39, 0.29) is 6.10 Å². The molecule has 0 radical (unpaired) electrons. The number of rotatable bonds is 2. The van der Waals surface area contributed by atoms with Gasteiger partial charge in [0.25, 0.3) is 0 Å². The average Bonchev–Trinajstić information content (AvgIpc) is 2.43. The van der Waals surface area contributed by atoms with Crippen LogP contribution in [-0.4, -0.2) is 29.6 Å². The third-order valence-corrected chi connectivity index (χ3v) is 4.55. The van der Waals surface area contributed by atoms with E-state index in [0.717, 1.165) is 19.4 Å². The number of hydrogen-bond donors (Lipinski definition) is 1. The Bertz CT molecular complexity index is 398. The molecule has 1 heterocycles. The highest BCUT2D eigenvalue weighted by Gasteiger charge is 2.29. The van der Waals surface area contributed by atoms with Crippen LogP contribution in [0, 0.1) is 5.92 Å². The van der Waals surface area contributed by atoms with Crippen LogP contribution in [0.25, 0.3) is 0 Å². The van der Waals surface area contributed by atoms with Crippen molar-refractivity contribution >= 4 is 0 Å². The predicted octanol–water partition coefficient (Wildman–Crippen LogP) is 2.77. The largest absolute Gasteiger partial charge is 0.388 e. The topological polar surface area (TPSA) is 23.5 Å². The van der Waals surface area contributed by atoms with Crippen LogP contribution in [0.2, 0.25) is 0 Å². The second-order valence-corrected chi connectivity index (χ2v) is 5.80. The molecular formula is C16H23NO. The smallest absolute Gasteiger partial charge is 0.0833 e. The molecule has 2 unspecified atom stereocenters. The van der Waals surface area contributed by atoms with Crippen LogP contribution in [-0.2, 0) is 6.42 Å². The Labute approximate surface area is 110 Å². The third-order valence-electron chi connectivity index (χ3n) is 4.55. The molecule has 1 aromatic rings. The van der Waals surface area contributed by atoms with E-state index in [1.54, 1.807) is 0 Å². The van der Waals surface area contributed by atoms with Crippen molar-refractivity contribution in [2.75, 3.05) is 19.6 Å². The lowest BCUT2D eigenvalue weighted by Gasteiger charge is -2.35. The van der Waals surface area contributed by atoms with Gasteiger partial charge in [-0.15, -0.1) is 0 Å². The Morgan fingerprint density at radius 1 is 1.11 bits per heavy atom. The second kappa shape index (κ2) is 5.41. The quantitative estimate of drug-likeness (QED) is 0.866. The molecular weight excluding hydrogens is 222 g/mol. The Kier molecular flexibility index (Phi) is 3.67. The summed E-state index contributed by atoms with van der Waals surface area (Å²) >= 11 is 0. The van der Waals surface area contributed by atoms with Crippen LogP contribution < -0.4 is 0 Å².